The highest BCUT2D eigenvalue weighted by Gasteiger charge is 2.20. The molecule has 0 spiro atoms. The van der Waals surface area contributed by atoms with Crippen LogP contribution < -0.4 is 20.1 Å². The summed E-state index contributed by atoms with van der Waals surface area (Å²) in [6, 6.07) is 7.78. The van der Waals surface area contributed by atoms with E-state index in [9.17, 15) is 0 Å². The van der Waals surface area contributed by atoms with Crippen molar-refractivity contribution in [3.8, 4) is 11.5 Å². The van der Waals surface area contributed by atoms with Gasteiger partial charge in [-0.2, -0.15) is 0 Å². The van der Waals surface area contributed by atoms with Crippen LogP contribution in [0.3, 0.4) is 0 Å². The van der Waals surface area contributed by atoms with Crippen molar-refractivity contribution >= 4 is 5.96 Å². The van der Waals surface area contributed by atoms with Crippen molar-refractivity contribution in [1.29, 1.82) is 0 Å². The fourth-order valence-electron chi connectivity index (χ4n) is 3.35. The molecule has 2 aliphatic rings. The molecule has 1 unspecified atom stereocenters. The number of hydrogen-bond donors (Lipinski definition) is 2. The number of piperazine rings is 1. The largest absolute Gasteiger partial charge is 0.486 e. The molecule has 2 heterocycles. The van der Waals surface area contributed by atoms with Crippen LogP contribution in [0.1, 0.15) is 13.8 Å². The molecule has 0 saturated carbocycles. The minimum Gasteiger partial charge on any atom is -0.486 e. The summed E-state index contributed by atoms with van der Waals surface area (Å²) in [7, 11) is 0. The van der Waals surface area contributed by atoms with Gasteiger partial charge in [0.15, 0.2) is 23.6 Å². The van der Waals surface area contributed by atoms with Crippen molar-refractivity contribution in [1.82, 2.24) is 20.4 Å². The van der Waals surface area contributed by atoms with Gasteiger partial charge in [-0.25, -0.2) is 4.99 Å². The zero-order chi connectivity index (χ0) is 18.9. The first-order chi connectivity index (χ1) is 13.3. The van der Waals surface area contributed by atoms with Crippen molar-refractivity contribution < 1.29 is 9.47 Å². The van der Waals surface area contributed by atoms with E-state index in [4.69, 9.17) is 9.47 Å². The predicted octanol–water partition coefficient (Wildman–Crippen LogP) is 1.02. The minimum absolute atomic E-state index is 0.0579. The Bertz CT molecular complexity index is 602. The quantitative estimate of drug-likeness (QED) is 0.548. The maximum absolute atomic E-state index is 5.98. The van der Waals surface area contributed by atoms with Gasteiger partial charge in [-0.3, -0.25) is 4.90 Å². The average molecular weight is 376 g/mol. The van der Waals surface area contributed by atoms with Crippen molar-refractivity contribution in [2.75, 3.05) is 65.5 Å². The second-order valence-electron chi connectivity index (χ2n) is 6.92. The van der Waals surface area contributed by atoms with Gasteiger partial charge < -0.3 is 25.0 Å². The number of ether oxygens (including phenoxy) is 2. The molecule has 1 aromatic carbocycles. The van der Waals surface area contributed by atoms with Crippen LogP contribution in [-0.4, -0.2) is 87.4 Å². The molecular weight excluding hydrogens is 342 g/mol. The third-order valence-electron chi connectivity index (χ3n) is 5.00. The Labute approximate surface area is 162 Å². The van der Waals surface area contributed by atoms with Crippen LogP contribution in [0.15, 0.2) is 29.3 Å². The van der Waals surface area contributed by atoms with E-state index in [1.54, 1.807) is 0 Å². The van der Waals surface area contributed by atoms with Crippen molar-refractivity contribution in [3.63, 3.8) is 0 Å². The zero-order valence-electron chi connectivity index (χ0n) is 16.6. The number of likely N-dealkylation sites (N-methyl/N-ethyl adjacent to an activating group) is 1. The maximum atomic E-state index is 5.98. The fraction of sp³-hybridized carbons (Fsp3) is 0.650. The van der Waals surface area contributed by atoms with E-state index in [1.165, 1.54) is 13.1 Å². The van der Waals surface area contributed by atoms with Crippen LogP contribution in [0.4, 0.5) is 0 Å². The lowest BCUT2D eigenvalue weighted by atomic mass is 10.2. The Morgan fingerprint density at radius 1 is 1.07 bits per heavy atom. The van der Waals surface area contributed by atoms with Gasteiger partial charge in [-0.1, -0.05) is 19.1 Å². The van der Waals surface area contributed by atoms with Crippen LogP contribution in [0.2, 0.25) is 0 Å². The smallest absolute Gasteiger partial charge is 0.191 e. The topological polar surface area (TPSA) is 61.4 Å². The summed E-state index contributed by atoms with van der Waals surface area (Å²) in [5.74, 6) is 2.45. The molecule has 3 rings (SSSR count). The van der Waals surface area contributed by atoms with E-state index in [2.05, 4.69) is 39.3 Å². The molecule has 0 aliphatic carbocycles. The van der Waals surface area contributed by atoms with E-state index in [0.717, 1.165) is 56.7 Å². The van der Waals surface area contributed by atoms with Gasteiger partial charge in [0, 0.05) is 45.8 Å². The summed E-state index contributed by atoms with van der Waals surface area (Å²) in [6.07, 6.45) is -0.0579. The average Bonchev–Trinajstić information content (AvgIpc) is 2.72. The van der Waals surface area contributed by atoms with Gasteiger partial charge >= 0.3 is 0 Å². The summed E-state index contributed by atoms with van der Waals surface area (Å²) >= 11 is 0. The highest BCUT2D eigenvalue weighted by Crippen LogP contribution is 2.30. The lowest BCUT2D eigenvalue weighted by molar-refractivity contribution is 0.0971. The minimum atomic E-state index is -0.0579. The summed E-state index contributed by atoms with van der Waals surface area (Å²) in [6.45, 7) is 14.0. The molecule has 150 valence electrons. The van der Waals surface area contributed by atoms with E-state index < -0.39 is 0 Å². The number of hydrogen-bond acceptors (Lipinski definition) is 5. The van der Waals surface area contributed by atoms with E-state index >= 15 is 0 Å². The molecule has 27 heavy (non-hydrogen) atoms. The van der Waals surface area contributed by atoms with Gasteiger partial charge in [0.05, 0.1) is 6.54 Å². The van der Waals surface area contributed by atoms with Crippen LogP contribution in [0, 0.1) is 0 Å². The first-order valence-electron chi connectivity index (χ1n) is 10.1. The Balaban J connectivity index is 1.42. The van der Waals surface area contributed by atoms with E-state index in [0.29, 0.717) is 13.2 Å². The molecule has 0 amide bonds. The number of rotatable bonds is 7. The second kappa shape index (κ2) is 10.4. The summed E-state index contributed by atoms with van der Waals surface area (Å²) in [5, 5.41) is 6.75. The highest BCUT2D eigenvalue weighted by atomic mass is 16.6. The molecule has 1 fully saturated rings. The Hall–Kier alpha value is -1.99. The first kappa shape index (κ1) is 19.8. The Kier molecular flexibility index (Phi) is 7.59. The van der Waals surface area contributed by atoms with Crippen LogP contribution in [0.5, 0.6) is 11.5 Å². The predicted molar refractivity (Wildman–Crippen MR) is 109 cm³/mol. The summed E-state index contributed by atoms with van der Waals surface area (Å²) in [4.78, 5) is 9.69. The van der Waals surface area contributed by atoms with Crippen LogP contribution >= 0.6 is 0 Å². The molecule has 1 saturated heterocycles. The number of fused-ring (bicyclic) bond motifs is 1. The third-order valence-corrected chi connectivity index (χ3v) is 5.00. The molecule has 7 heteroatoms. The van der Waals surface area contributed by atoms with Gasteiger partial charge in [-0.05, 0) is 25.6 Å². The van der Waals surface area contributed by atoms with Gasteiger partial charge in [0.2, 0.25) is 0 Å². The second-order valence-corrected chi connectivity index (χ2v) is 6.92. The summed E-state index contributed by atoms with van der Waals surface area (Å²) in [5.41, 5.74) is 0. The number of nitrogens with zero attached hydrogens (tertiary/aromatic N) is 3. The van der Waals surface area contributed by atoms with Crippen LogP contribution in [0.25, 0.3) is 0 Å². The van der Waals surface area contributed by atoms with Gasteiger partial charge in [0.1, 0.15) is 6.61 Å². The highest BCUT2D eigenvalue weighted by molar-refractivity contribution is 5.79. The molecular formula is C20H33N5O2. The van der Waals surface area contributed by atoms with Crippen molar-refractivity contribution in [2.24, 2.45) is 4.99 Å². The molecule has 2 aliphatic heterocycles. The fourth-order valence-corrected chi connectivity index (χ4v) is 3.35. The number of benzene rings is 1. The molecule has 7 nitrogen and oxygen atoms in total. The van der Waals surface area contributed by atoms with Crippen molar-refractivity contribution in [2.45, 2.75) is 20.0 Å². The number of nitrogens with one attached hydrogen (secondary N) is 2. The number of aliphatic imine (C=N–C) groups is 1. The van der Waals surface area contributed by atoms with E-state index in [1.807, 2.05) is 24.3 Å². The molecule has 2 N–H and O–H groups in total. The normalized spacial score (nSPS) is 21.1. The third kappa shape index (κ3) is 6.01. The lowest BCUT2D eigenvalue weighted by Gasteiger charge is -2.34. The molecule has 1 atom stereocenters. The Morgan fingerprint density at radius 2 is 1.81 bits per heavy atom. The molecule has 0 bridgehead atoms. The lowest BCUT2D eigenvalue weighted by Crippen LogP contribution is -2.49. The first-order valence-corrected chi connectivity index (χ1v) is 10.1. The molecule has 0 radical (unpaired) electrons. The molecule has 0 aromatic heterocycles. The zero-order valence-corrected chi connectivity index (χ0v) is 16.6. The SMILES string of the molecule is CCNC(=NCC1COc2ccccc2O1)NCCN1CCN(CC)CC1. The maximum Gasteiger partial charge on any atom is 0.191 e. The monoisotopic (exact) mass is 375 g/mol. The number of para-hydroxylation sites is 2. The van der Waals surface area contributed by atoms with Gasteiger partial charge in [0.25, 0.3) is 0 Å². The standard InChI is InChI=1S/C20H33N5O2/c1-3-21-20(22-9-10-25-13-11-24(4-2)12-14-25)23-15-17-16-26-18-7-5-6-8-19(18)27-17/h5-8,17H,3-4,9-16H2,1-2H3,(H2,21,22,23). The van der Waals surface area contributed by atoms with Crippen molar-refractivity contribution in [3.05, 3.63) is 24.3 Å². The Morgan fingerprint density at radius 3 is 2.56 bits per heavy atom. The molecule has 1 aromatic rings. The summed E-state index contributed by atoms with van der Waals surface area (Å²) < 4.78 is 11.7. The van der Waals surface area contributed by atoms with Crippen LogP contribution in [-0.2, 0) is 0 Å². The van der Waals surface area contributed by atoms with E-state index in [-0.39, 0.29) is 6.10 Å². The van der Waals surface area contributed by atoms with Gasteiger partial charge in [-0.15, -0.1) is 0 Å². The number of guanidine groups is 1.